The smallest absolute Gasteiger partial charge is 0.316 e. The summed E-state index contributed by atoms with van der Waals surface area (Å²) in [6.45, 7) is 4.54. The zero-order valence-corrected chi connectivity index (χ0v) is 17.3. The van der Waals surface area contributed by atoms with E-state index < -0.39 is 21.9 Å². The van der Waals surface area contributed by atoms with Crippen molar-refractivity contribution >= 4 is 27.6 Å². The number of esters is 1. The van der Waals surface area contributed by atoms with Crippen molar-refractivity contribution in [2.75, 3.05) is 24.5 Å². The van der Waals surface area contributed by atoms with Crippen LogP contribution in [-0.2, 0) is 19.6 Å². The molecule has 0 saturated carbocycles. The number of amides is 1. The Morgan fingerprint density at radius 1 is 1.07 bits per heavy atom. The van der Waals surface area contributed by atoms with E-state index in [1.807, 2.05) is 6.07 Å². The maximum absolute atomic E-state index is 12.6. The third-order valence-corrected chi connectivity index (χ3v) is 6.98. The van der Waals surface area contributed by atoms with Crippen LogP contribution in [0.4, 0.5) is 5.69 Å². The third kappa shape index (κ3) is 4.49. The first kappa shape index (κ1) is 21.0. The summed E-state index contributed by atoms with van der Waals surface area (Å²) in [5, 5.41) is 0. The molecule has 154 valence electrons. The van der Waals surface area contributed by atoms with Crippen molar-refractivity contribution < 1.29 is 22.7 Å². The highest BCUT2D eigenvalue weighted by Crippen LogP contribution is 2.28. The van der Waals surface area contributed by atoms with E-state index in [0.717, 1.165) is 0 Å². The summed E-state index contributed by atoms with van der Waals surface area (Å²) in [6.07, 6.45) is 0.0607. The van der Waals surface area contributed by atoms with Crippen molar-refractivity contribution in [3.8, 4) is 5.75 Å². The summed E-state index contributed by atoms with van der Waals surface area (Å²) in [4.78, 5) is 26.5. The van der Waals surface area contributed by atoms with Crippen LogP contribution in [0.15, 0.2) is 59.5 Å². The molecule has 1 atom stereocenters. The van der Waals surface area contributed by atoms with E-state index in [1.165, 1.54) is 21.3 Å². The molecule has 7 nitrogen and oxygen atoms in total. The molecule has 1 aliphatic rings. The molecule has 2 aromatic rings. The van der Waals surface area contributed by atoms with Crippen LogP contribution in [0.3, 0.4) is 0 Å². The van der Waals surface area contributed by atoms with Crippen molar-refractivity contribution in [2.24, 2.45) is 5.92 Å². The van der Waals surface area contributed by atoms with Crippen molar-refractivity contribution in [1.29, 1.82) is 0 Å². The molecule has 3 rings (SSSR count). The molecule has 0 unspecified atom stereocenters. The zero-order chi connectivity index (χ0) is 21.0. The quantitative estimate of drug-likeness (QED) is 0.512. The lowest BCUT2D eigenvalue weighted by atomic mass is 10.1. The summed E-state index contributed by atoms with van der Waals surface area (Å²) in [5.74, 6) is -0.775. The first-order valence-electron chi connectivity index (χ1n) is 9.54. The molecule has 0 radical (unpaired) electrons. The van der Waals surface area contributed by atoms with Crippen LogP contribution in [-0.4, -0.2) is 44.2 Å². The van der Waals surface area contributed by atoms with Crippen molar-refractivity contribution in [2.45, 2.75) is 25.2 Å². The van der Waals surface area contributed by atoms with E-state index in [2.05, 4.69) is 0 Å². The van der Waals surface area contributed by atoms with Crippen LogP contribution in [0.2, 0.25) is 0 Å². The first-order valence-corrected chi connectivity index (χ1v) is 11.0. The Hall–Kier alpha value is -2.71. The molecule has 29 heavy (non-hydrogen) atoms. The topological polar surface area (TPSA) is 84.0 Å². The lowest BCUT2D eigenvalue weighted by Crippen LogP contribution is -2.30. The summed E-state index contributed by atoms with van der Waals surface area (Å²) < 4.78 is 31.9. The van der Waals surface area contributed by atoms with Gasteiger partial charge in [-0.05, 0) is 36.4 Å². The van der Waals surface area contributed by atoms with Crippen LogP contribution >= 0.6 is 0 Å². The van der Waals surface area contributed by atoms with Gasteiger partial charge in [0.2, 0.25) is 15.9 Å². The summed E-state index contributed by atoms with van der Waals surface area (Å²) in [5.41, 5.74) is 0.559. The van der Waals surface area contributed by atoms with Crippen LogP contribution in [0.5, 0.6) is 5.75 Å². The van der Waals surface area contributed by atoms with Gasteiger partial charge >= 0.3 is 5.97 Å². The lowest BCUT2D eigenvalue weighted by molar-refractivity contribution is -0.139. The molecular formula is C21H24N2O5S. The molecule has 1 saturated heterocycles. The molecule has 0 N–H and O–H groups in total. The maximum atomic E-state index is 12.6. The Kier molecular flexibility index (Phi) is 6.34. The summed E-state index contributed by atoms with van der Waals surface area (Å²) >= 11 is 0. The van der Waals surface area contributed by atoms with Crippen molar-refractivity contribution in [3.05, 3.63) is 54.6 Å². The second-order valence-corrected chi connectivity index (χ2v) is 8.66. The van der Waals surface area contributed by atoms with Gasteiger partial charge < -0.3 is 9.64 Å². The Balaban J connectivity index is 1.71. The molecule has 1 fully saturated rings. The van der Waals surface area contributed by atoms with Crippen LogP contribution < -0.4 is 9.64 Å². The molecule has 0 aromatic heterocycles. The van der Waals surface area contributed by atoms with Crippen LogP contribution in [0, 0.1) is 5.92 Å². The van der Waals surface area contributed by atoms with E-state index in [-0.39, 0.29) is 23.8 Å². The highest BCUT2D eigenvalue weighted by molar-refractivity contribution is 7.89. The fourth-order valence-electron chi connectivity index (χ4n) is 3.31. The Labute approximate surface area is 170 Å². The van der Waals surface area contributed by atoms with Gasteiger partial charge in [-0.3, -0.25) is 9.59 Å². The fourth-order valence-corrected chi connectivity index (χ4v) is 4.77. The van der Waals surface area contributed by atoms with Gasteiger partial charge in [0, 0.05) is 31.7 Å². The monoisotopic (exact) mass is 416 g/mol. The number of carbonyl (C=O) groups excluding carboxylic acids is 2. The number of nitrogens with zero attached hydrogens (tertiary/aromatic N) is 2. The molecule has 0 bridgehead atoms. The molecule has 0 spiro atoms. The molecule has 1 aliphatic heterocycles. The number of anilines is 1. The zero-order valence-electron chi connectivity index (χ0n) is 16.4. The molecule has 1 amide bonds. The van der Waals surface area contributed by atoms with Crippen molar-refractivity contribution in [3.63, 3.8) is 0 Å². The predicted octanol–water partition coefficient (Wildman–Crippen LogP) is 2.68. The normalized spacial score (nSPS) is 17.0. The number of rotatable bonds is 7. The van der Waals surface area contributed by atoms with Gasteiger partial charge in [-0.25, -0.2) is 8.42 Å². The number of hydrogen-bond donors (Lipinski definition) is 0. The number of carbonyl (C=O) groups is 2. The third-order valence-electron chi connectivity index (χ3n) is 4.91. The maximum Gasteiger partial charge on any atom is 0.316 e. The highest BCUT2D eigenvalue weighted by atomic mass is 32.2. The Morgan fingerprint density at radius 3 is 2.28 bits per heavy atom. The molecule has 1 heterocycles. The van der Waals surface area contributed by atoms with Gasteiger partial charge in [0.05, 0.1) is 10.8 Å². The van der Waals surface area contributed by atoms with E-state index in [1.54, 1.807) is 50.2 Å². The van der Waals surface area contributed by atoms with E-state index in [4.69, 9.17) is 4.74 Å². The molecule has 0 aliphatic carbocycles. The molecular weight excluding hydrogens is 392 g/mol. The Bertz CT molecular complexity index is 970. The standard InChI is InChI=1S/C21H24N2O5S/c1-3-22(4-2)29(26,27)19-12-10-17(11-13-19)23-15-16(14-20(23)24)21(25)28-18-8-6-5-7-9-18/h5-13,16H,3-4,14-15H2,1-2H3/t16-/m1/s1. The number of sulfonamides is 1. The molecule has 8 heteroatoms. The van der Waals surface area contributed by atoms with Gasteiger partial charge in [0.1, 0.15) is 5.75 Å². The second kappa shape index (κ2) is 8.75. The SMILES string of the molecule is CCN(CC)S(=O)(=O)c1ccc(N2C[C@H](C(=O)Oc3ccccc3)CC2=O)cc1. The minimum absolute atomic E-state index is 0.0607. The van der Waals surface area contributed by atoms with E-state index >= 15 is 0 Å². The largest absolute Gasteiger partial charge is 0.426 e. The van der Waals surface area contributed by atoms with E-state index in [0.29, 0.717) is 24.5 Å². The van der Waals surface area contributed by atoms with Gasteiger partial charge in [0.25, 0.3) is 0 Å². The minimum Gasteiger partial charge on any atom is -0.426 e. The number of hydrogen-bond acceptors (Lipinski definition) is 5. The summed E-state index contributed by atoms with van der Waals surface area (Å²) in [7, 11) is -3.56. The van der Waals surface area contributed by atoms with Gasteiger partial charge in [-0.15, -0.1) is 0 Å². The highest BCUT2D eigenvalue weighted by Gasteiger charge is 2.36. The number of para-hydroxylation sites is 1. The van der Waals surface area contributed by atoms with Crippen LogP contribution in [0.25, 0.3) is 0 Å². The average Bonchev–Trinajstić information content (AvgIpc) is 3.11. The molecule has 2 aromatic carbocycles. The average molecular weight is 416 g/mol. The second-order valence-electron chi connectivity index (χ2n) is 6.72. The van der Waals surface area contributed by atoms with Crippen LogP contribution in [0.1, 0.15) is 20.3 Å². The first-order chi connectivity index (χ1) is 13.9. The fraction of sp³-hybridized carbons (Fsp3) is 0.333. The minimum atomic E-state index is -3.56. The van der Waals surface area contributed by atoms with Gasteiger partial charge in [-0.2, -0.15) is 4.31 Å². The van der Waals surface area contributed by atoms with Gasteiger partial charge in [-0.1, -0.05) is 32.0 Å². The number of benzene rings is 2. The predicted molar refractivity (Wildman–Crippen MR) is 109 cm³/mol. The number of ether oxygens (including phenoxy) is 1. The van der Waals surface area contributed by atoms with Gasteiger partial charge in [0.15, 0.2) is 0 Å². The van der Waals surface area contributed by atoms with Crippen molar-refractivity contribution in [1.82, 2.24) is 4.31 Å². The summed E-state index contributed by atoms with van der Waals surface area (Å²) in [6, 6.07) is 14.9. The Morgan fingerprint density at radius 2 is 1.69 bits per heavy atom. The van der Waals surface area contributed by atoms with E-state index in [9.17, 15) is 18.0 Å². The lowest BCUT2D eigenvalue weighted by Gasteiger charge is -2.20.